The van der Waals surface area contributed by atoms with Gasteiger partial charge >= 0.3 is 0 Å². The van der Waals surface area contributed by atoms with E-state index in [9.17, 15) is 9.18 Å². The van der Waals surface area contributed by atoms with Crippen LogP contribution in [0.1, 0.15) is 41.6 Å². The minimum absolute atomic E-state index is 0.0508. The van der Waals surface area contributed by atoms with Crippen molar-refractivity contribution in [1.29, 1.82) is 0 Å². The highest BCUT2D eigenvalue weighted by atomic mass is 19.1. The second-order valence-electron chi connectivity index (χ2n) is 5.28. The highest BCUT2D eigenvalue weighted by Gasteiger charge is 2.26. The summed E-state index contributed by atoms with van der Waals surface area (Å²) in [6, 6.07) is 4.77. The molecule has 1 aliphatic rings. The average Bonchev–Trinajstić information content (AvgIpc) is 2.41. The van der Waals surface area contributed by atoms with E-state index < -0.39 is 0 Å². The van der Waals surface area contributed by atoms with Gasteiger partial charge in [0.25, 0.3) is 0 Å². The highest BCUT2D eigenvalue weighted by molar-refractivity contribution is 5.97. The van der Waals surface area contributed by atoms with Crippen molar-refractivity contribution in [1.82, 2.24) is 0 Å². The molecule has 2 nitrogen and oxygen atoms in total. The Hall–Kier alpha value is -1.22. The average molecular weight is 249 g/mol. The zero-order chi connectivity index (χ0) is 13.1. The zero-order valence-corrected chi connectivity index (χ0v) is 10.8. The molecule has 0 saturated heterocycles. The number of nitrogens with two attached hydrogens (primary N) is 1. The quantitative estimate of drug-likeness (QED) is 0.836. The lowest BCUT2D eigenvalue weighted by Gasteiger charge is -2.26. The van der Waals surface area contributed by atoms with Crippen LogP contribution in [0.15, 0.2) is 18.2 Å². The maximum absolute atomic E-state index is 13.5. The van der Waals surface area contributed by atoms with Crippen molar-refractivity contribution in [3.63, 3.8) is 0 Å². The van der Waals surface area contributed by atoms with Gasteiger partial charge < -0.3 is 5.73 Å². The molecule has 0 amide bonds. The summed E-state index contributed by atoms with van der Waals surface area (Å²) >= 11 is 0. The Bertz CT molecular complexity index is 436. The molecular weight excluding hydrogens is 229 g/mol. The van der Waals surface area contributed by atoms with Gasteiger partial charge in [0.2, 0.25) is 0 Å². The third kappa shape index (κ3) is 2.78. The first-order valence-electron chi connectivity index (χ1n) is 6.62. The van der Waals surface area contributed by atoms with Gasteiger partial charge in [0.15, 0.2) is 5.78 Å². The van der Waals surface area contributed by atoms with Crippen LogP contribution in [0, 0.1) is 24.6 Å². The van der Waals surface area contributed by atoms with Crippen molar-refractivity contribution < 1.29 is 9.18 Å². The van der Waals surface area contributed by atoms with E-state index >= 15 is 0 Å². The van der Waals surface area contributed by atoms with Gasteiger partial charge in [-0.3, -0.25) is 4.79 Å². The fourth-order valence-corrected chi connectivity index (χ4v) is 2.64. The number of ketones is 1. The molecule has 1 aromatic rings. The predicted molar refractivity (Wildman–Crippen MR) is 70.0 cm³/mol. The summed E-state index contributed by atoms with van der Waals surface area (Å²) in [5.41, 5.74) is 6.73. The second-order valence-corrected chi connectivity index (χ2v) is 5.28. The normalized spacial score (nSPS) is 23.9. The van der Waals surface area contributed by atoms with E-state index in [-0.39, 0.29) is 17.5 Å². The number of Topliss-reactive ketones (excluding diaryl/α,β-unsaturated/α-hetero) is 1. The van der Waals surface area contributed by atoms with E-state index in [1.807, 2.05) is 0 Å². The SMILES string of the molecule is Cc1ccc(C(=O)C2CCC(CN)CC2)cc1F. The first-order valence-corrected chi connectivity index (χ1v) is 6.62. The number of rotatable bonds is 3. The molecule has 0 aliphatic heterocycles. The molecule has 98 valence electrons. The summed E-state index contributed by atoms with van der Waals surface area (Å²) < 4.78 is 13.5. The molecule has 0 heterocycles. The van der Waals surface area contributed by atoms with Gasteiger partial charge in [0.1, 0.15) is 5.82 Å². The fraction of sp³-hybridized carbons (Fsp3) is 0.533. The van der Waals surface area contributed by atoms with Crippen LogP contribution in [0.3, 0.4) is 0 Å². The molecular formula is C15H20FNO. The largest absolute Gasteiger partial charge is 0.330 e. The number of carbonyl (C=O) groups is 1. The Kier molecular flexibility index (Phi) is 4.12. The van der Waals surface area contributed by atoms with Crippen LogP contribution in [-0.4, -0.2) is 12.3 Å². The number of carbonyl (C=O) groups excluding carboxylic acids is 1. The molecule has 1 saturated carbocycles. The first kappa shape index (κ1) is 13.2. The number of aryl methyl sites for hydroxylation is 1. The molecule has 2 N–H and O–H groups in total. The van der Waals surface area contributed by atoms with Crippen LogP contribution >= 0.6 is 0 Å². The molecule has 0 aromatic heterocycles. The second kappa shape index (κ2) is 5.61. The summed E-state index contributed by atoms with van der Waals surface area (Å²) in [5, 5.41) is 0. The number of hydrogen-bond acceptors (Lipinski definition) is 2. The Morgan fingerprint density at radius 1 is 1.33 bits per heavy atom. The van der Waals surface area contributed by atoms with Crippen molar-refractivity contribution in [2.75, 3.05) is 6.54 Å². The van der Waals surface area contributed by atoms with E-state index in [0.717, 1.165) is 25.7 Å². The molecule has 3 heteroatoms. The minimum atomic E-state index is -0.295. The Morgan fingerprint density at radius 2 is 2.00 bits per heavy atom. The lowest BCUT2D eigenvalue weighted by molar-refractivity contribution is 0.0873. The number of hydrogen-bond donors (Lipinski definition) is 1. The molecule has 1 aromatic carbocycles. The molecule has 0 bridgehead atoms. The van der Waals surface area contributed by atoms with Crippen LogP contribution in [0.4, 0.5) is 4.39 Å². The monoisotopic (exact) mass is 249 g/mol. The lowest BCUT2D eigenvalue weighted by atomic mass is 9.78. The Balaban J connectivity index is 2.05. The van der Waals surface area contributed by atoms with E-state index in [1.165, 1.54) is 6.07 Å². The summed E-state index contributed by atoms with van der Waals surface area (Å²) in [6.07, 6.45) is 3.80. The molecule has 0 unspecified atom stereocenters. The summed E-state index contributed by atoms with van der Waals surface area (Å²) in [6.45, 7) is 2.41. The van der Waals surface area contributed by atoms with Gasteiger partial charge in [0.05, 0.1) is 0 Å². The third-order valence-electron chi connectivity index (χ3n) is 4.01. The van der Waals surface area contributed by atoms with Crippen molar-refractivity contribution >= 4 is 5.78 Å². The maximum Gasteiger partial charge on any atom is 0.166 e. The fourth-order valence-electron chi connectivity index (χ4n) is 2.64. The molecule has 0 atom stereocenters. The maximum atomic E-state index is 13.5. The van der Waals surface area contributed by atoms with Gasteiger partial charge in [-0.2, -0.15) is 0 Å². The molecule has 1 aliphatic carbocycles. The van der Waals surface area contributed by atoms with Crippen molar-refractivity contribution in [2.45, 2.75) is 32.6 Å². The predicted octanol–water partition coefficient (Wildman–Crippen LogP) is 3.08. The van der Waals surface area contributed by atoms with E-state index in [0.29, 0.717) is 23.6 Å². The minimum Gasteiger partial charge on any atom is -0.330 e. The highest BCUT2D eigenvalue weighted by Crippen LogP contribution is 2.30. The van der Waals surface area contributed by atoms with Gasteiger partial charge in [-0.1, -0.05) is 12.1 Å². The molecule has 1 fully saturated rings. The molecule has 0 spiro atoms. The lowest BCUT2D eigenvalue weighted by Crippen LogP contribution is -2.25. The van der Waals surface area contributed by atoms with Crippen LogP contribution in [0.2, 0.25) is 0 Å². The Labute approximate surface area is 107 Å². The standard InChI is InChI=1S/C15H20FNO/c1-10-2-5-13(8-14(10)16)15(18)12-6-3-11(9-17)4-7-12/h2,5,8,11-12H,3-4,6-7,9,17H2,1H3. The van der Waals surface area contributed by atoms with Gasteiger partial charge in [-0.25, -0.2) is 4.39 Å². The Morgan fingerprint density at radius 3 is 2.56 bits per heavy atom. The van der Waals surface area contributed by atoms with Gasteiger partial charge in [0, 0.05) is 11.5 Å². The zero-order valence-electron chi connectivity index (χ0n) is 10.8. The smallest absolute Gasteiger partial charge is 0.166 e. The van der Waals surface area contributed by atoms with Crippen molar-refractivity contribution in [3.05, 3.63) is 35.1 Å². The van der Waals surface area contributed by atoms with Crippen LogP contribution < -0.4 is 5.73 Å². The van der Waals surface area contributed by atoms with Gasteiger partial charge in [-0.15, -0.1) is 0 Å². The van der Waals surface area contributed by atoms with E-state index in [4.69, 9.17) is 5.73 Å². The van der Waals surface area contributed by atoms with Crippen molar-refractivity contribution in [2.24, 2.45) is 17.6 Å². The van der Waals surface area contributed by atoms with Gasteiger partial charge in [-0.05, 0) is 56.7 Å². The topological polar surface area (TPSA) is 43.1 Å². The molecule has 0 radical (unpaired) electrons. The number of halogens is 1. The van der Waals surface area contributed by atoms with Crippen LogP contribution in [0.25, 0.3) is 0 Å². The summed E-state index contributed by atoms with van der Waals surface area (Å²) in [7, 11) is 0. The van der Waals surface area contributed by atoms with E-state index in [1.54, 1.807) is 19.1 Å². The summed E-state index contributed by atoms with van der Waals surface area (Å²) in [4.78, 5) is 12.3. The first-order chi connectivity index (χ1) is 8.61. The molecule has 18 heavy (non-hydrogen) atoms. The van der Waals surface area contributed by atoms with Crippen LogP contribution in [-0.2, 0) is 0 Å². The van der Waals surface area contributed by atoms with Crippen molar-refractivity contribution in [3.8, 4) is 0 Å². The van der Waals surface area contributed by atoms with E-state index in [2.05, 4.69) is 0 Å². The summed E-state index contributed by atoms with van der Waals surface area (Å²) in [5.74, 6) is 0.402. The third-order valence-corrected chi connectivity index (χ3v) is 4.01. The number of benzene rings is 1. The van der Waals surface area contributed by atoms with Crippen LogP contribution in [0.5, 0.6) is 0 Å². The molecule has 2 rings (SSSR count).